The summed E-state index contributed by atoms with van der Waals surface area (Å²) < 4.78 is 16.1. The van der Waals surface area contributed by atoms with Gasteiger partial charge in [0.25, 0.3) is 0 Å². The molecular formula is C22H27FN6. The van der Waals surface area contributed by atoms with Crippen molar-refractivity contribution in [2.24, 2.45) is 0 Å². The first-order chi connectivity index (χ1) is 14.3. The van der Waals surface area contributed by atoms with Gasteiger partial charge in [0.15, 0.2) is 5.82 Å². The molecule has 1 fully saturated rings. The highest BCUT2D eigenvalue weighted by Gasteiger charge is 2.29. The molecule has 0 aliphatic carbocycles. The fourth-order valence-corrected chi connectivity index (χ4v) is 4.05. The van der Waals surface area contributed by atoms with Crippen LogP contribution < -0.4 is 4.90 Å². The van der Waals surface area contributed by atoms with Crippen molar-refractivity contribution in [1.82, 2.24) is 25.1 Å². The van der Waals surface area contributed by atoms with E-state index in [0.29, 0.717) is 12.2 Å². The Bertz CT molecular complexity index is 904. The predicted octanol–water partition coefficient (Wildman–Crippen LogP) is 3.52. The van der Waals surface area contributed by atoms with Crippen LogP contribution in [0.4, 0.5) is 10.1 Å². The molecule has 0 bridgehead atoms. The first kappa shape index (κ1) is 19.5. The Hall–Kier alpha value is -2.80. The third kappa shape index (κ3) is 4.45. The smallest absolute Gasteiger partial charge is 0.168 e. The number of aromatic nitrogens is 4. The second kappa shape index (κ2) is 9.13. The van der Waals surface area contributed by atoms with Gasteiger partial charge >= 0.3 is 0 Å². The van der Waals surface area contributed by atoms with Crippen LogP contribution in [0.5, 0.6) is 0 Å². The minimum atomic E-state index is -0.155. The summed E-state index contributed by atoms with van der Waals surface area (Å²) in [5, 5.41) is 12.6. The number of nitrogens with zero attached hydrogens (tertiary/aromatic N) is 6. The Balaban J connectivity index is 1.48. The second-order valence-corrected chi connectivity index (χ2v) is 7.46. The second-order valence-electron chi connectivity index (χ2n) is 7.46. The molecule has 1 saturated heterocycles. The van der Waals surface area contributed by atoms with E-state index in [0.717, 1.165) is 44.8 Å². The van der Waals surface area contributed by atoms with E-state index >= 15 is 0 Å². The van der Waals surface area contributed by atoms with Crippen molar-refractivity contribution in [3.05, 3.63) is 71.8 Å². The van der Waals surface area contributed by atoms with Crippen LogP contribution in [0.2, 0.25) is 0 Å². The minimum Gasteiger partial charge on any atom is -0.367 e. The topological polar surface area (TPSA) is 50.1 Å². The van der Waals surface area contributed by atoms with Crippen molar-refractivity contribution in [2.75, 3.05) is 31.1 Å². The van der Waals surface area contributed by atoms with E-state index in [1.54, 1.807) is 6.07 Å². The molecule has 6 nitrogen and oxygen atoms in total. The number of tetrazole rings is 1. The van der Waals surface area contributed by atoms with Gasteiger partial charge in [0, 0.05) is 26.2 Å². The average molecular weight is 394 g/mol. The SMILES string of the molecule is CCC[C@@H](c1nnnn1Cc1ccccc1)N1CCN(c2ccccc2F)CC1. The van der Waals surface area contributed by atoms with E-state index in [2.05, 4.69) is 44.4 Å². The highest BCUT2D eigenvalue weighted by atomic mass is 19.1. The van der Waals surface area contributed by atoms with Crippen molar-refractivity contribution >= 4 is 5.69 Å². The lowest BCUT2D eigenvalue weighted by Gasteiger charge is -2.39. The summed E-state index contributed by atoms with van der Waals surface area (Å²) in [6, 6.07) is 17.4. The molecule has 4 rings (SSSR count). The fraction of sp³-hybridized carbons (Fsp3) is 0.409. The highest BCUT2D eigenvalue weighted by molar-refractivity contribution is 5.48. The number of piperazine rings is 1. The van der Waals surface area contributed by atoms with Crippen LogP contribution in [0.15, 0.2) is 54.6 Å². The lowest BCUT2D eigenvalue weighted by molar-refractivity contribution is 0.164. The maximum Gasteiger partial charge on any atom is 0.168 e. The molecule has 7 heteroatoms. The summed E-state index contributed by atoms with van der Waals surface area (Å²) in [5.41, 5.74) is 1.87. The van der Waals surface area contributed by atoms with Crippen LogP contribution >= 0.6 is 0 Å². The monoisotopic (exact) mass is 394 g/mol. The highest BCUT2D eigenvalue weighted by Crippen LogP contribution is 2.27. The summed E-state index contributed by atoms with van der Waals surface area (Å²) in [4.78, 5) is 4.57. The molecular weight excluding hydrogens is 367 g/mol. The standard InChI is InChI=1S/C22H27FN6/c1-2-8-21(22-24-25-26-29(22)17-18-9-4-3-5-10-18)28-15-13-27(14-16-28)20-12-7-6-11-19(20)23/h3-7,9-12,21H,2,8,13-17H2,1H3/t21-/m0/s1. The van der Waals surface area contributed by atoms with Crippen LogP contribution in [0.25, 0.3) is 0 Å². The molecule has 2 aromatic carbocycles. The Kier molecular flexibility index (Phi) is 6.14. The van der Waals surface area contributed by atoms with Crippen molar-refractivity contribution in [3.8, 4) is 0 Å². The molecule has 1 aliphatic heterocycles. The van der Waals surface area contributed by atoms with E-state index in [1.807, 2.05) is 35.0 Å². The number of rotatable bonds is 7. The largest absolute Gasteiger partial charge is 0.367 e. The lowest BCUT2D eigenvalue weighted by atomic mass is 10.1. The van der Waals surface area contributed by atoms with Gasteiger partial charge in [-0.15, -0.1) is 5.10 Å². The van der Waals surface area contributed by atoms with Gasteiger partial charge in [-0.2, -0.15) is 0 Å². The Morgan fingerprint density at radius 1 is 0.966 bits per heavy atom. The first-order valence-electron chi connectivity index (χ1n) is 10.3. The summed E-state index contributed by atoms with van der Waals surface area (Å²) >= 11 is 0. The van der Waals surface area contributed by atoms with Crippen LogP contribution in [-0.2, 0) is 6.54 Å². The van der Waals surface area contributed by atoms with Crippen LogP contribution in [0.3, 0.4) is 0 Å². The van der Waals surface area contributed by atoms with E-state index in [4.69, 9.17) is 0 Å². The van der Waals surface area contributed by atoms with Gasteiger partial charge < -0.3 is 4.90 Å². The summed E-state index contributed by atoms with van der Waals surface area (Å²) in [6.07, 6.45) is 2.05. The average Bonchev–Trinajstić information content (AvgIpc) is 3.21. The Morgan fingerprint density at radius 3 is 2.41 bits per heavy atom. The molecule has 1 aromatic heterocycles. The number of benzene rings is 2. The number of anilines is 1. The third-order valence-electron chi connectivity index (χ3n) is 5.54. The quantitative estimate of drug-likeness (QED) is 0.614. The van der Waals surface area contributed by atoms with Crippen molar-refractivity contribution in [2.45, 2.75) is 32.4 Å². The Morgan fingerprint density at radius 2 is 1.69 bits per heavy atom. The van der Waals surface area contributed by atoms with E-state index < -0.39 is 0 Å². The molecule has 2 heterocycles. The number of hydrogen-bond acceptors (Lipinski definition) is 5. The molecule has 0 unspecified atom stereocenters. The number of hydrogen-bond donors (Lipinski definition) is 0. The molecule has 0 saturated carbocycles. The fourth-order valence-electron chi connectivity index (χ4n) is 4.05. The molecule has 1 aliphatic rings. The maximum atomic E-state index is 14.1. The lowest BCUT2D eigenvalue weighted by Crippen LogP contribution is -2.48. The van der Waals surface area contributed by atoms with Gasteiger partial charge in [0.05, 0.1) is 18.3 Å². The molecule has 152 valence electrons. The molecule has 0 spiro atoms. The normalized spacial score (nSPS) is 16.1. The zero-order valence-corrected chi connectivity index (χ0v) is 16.8. The Labute approximate surface area is 170 Å². The maximum absolute atomic E-state index is 14.1. The van der Waals surface area contributed by atoms with Gasteiger partial charge in [-0.3, -0.25) is 4.90 Å². The van der Waals surface area contributed by atoms with Crippen LogP contribution in [0, 0.1) is 5.82 Å². The molecule has 0 N–H and O–H groups in total. The molecule has 0 radical (unpaired) electrons. The van der Waals surface area contributed by atoms with Gasteiger partial charge in [-0.1, -0.05) is 55.8 Å². The summed E-state index contributed by atoms with van der Waals surface area (Å²) in [6.45, 7) is 6.16. The van der Waals surface area contributed by atoms with Gasteiger partial charge in [-0.05, 0) is 34.5 Å². The van der Waals surface area contributed by atoms with E-state index in [-0.39, 0.29) is 11.9 Å². The van der Waals surface area contributed by atoms with Gasteiger partial charge in [-0.25, -0.2) is 9.07 Å². The molecule has 3 aromatic rings. The molecule has 0 amide bonds. The zero-order chi connectivity index (χ0) is 20.1. The van der Waals surface area contributed by atoms with Gasteiger partial charge in [0.2, 0.25) is 0 Å². The van der Waals surface area contributed by atoms with Crippen molar-refractivity contribution in [1.29, 1.82) is 0 Å². The zero-order valence-electron chi connectivity index (χ0n) is 16.8. The van der Waals surface area contributed by atoms with Crippen molar-refractivity contribution < 1.29 is 4.39 Å². The minimum absolute atomic E-state index is 0.155. The van der Waals surface area contributed by atoms with E-state index in [9.17, 15) is 4.39 Å². The predicted molar refractivity (Wildman–Crippen MR) is 111 cm³/mol. The van der Waals surface area contributed by atoms with Crippen molar-refractivity contribution in [3.63, 3.8) is 0 Å². The van der Waals surface area contributed by atoms with Crippen LogP contribution in [0.1, 0.15) is 37.2 Å². The van der Waals surface area contributed by atoms with E-state index in [1.165, 1.54) is 11.6 Å². The summed E-state index contributed by atoms with van der Waals surface area (Å²) in [7, 11) is 0. The summed E-state index contributed by atoms with van der Waals surface area (Å²) in [5.74, 6) is 0.757. The van der Waals surface area contributed by atoms with Crippen LogP contribution in [-0.4, -0.2) is 51.3 Å². The molecule has 29 heavy (non-hydrogen) atoms. The molecule has 1 atom stereocenters. The first-order valence-corrected chi connectivity index (χ1v) is 10.3. The number of para-hydroxylation sites is 1. The third-order valence-corrected chi connectivity index (χ3v) is 5.54. The number of halogens is 1. The van der Waals surface area contributed by atoms with Gasteiger partial charge in [0.1, 0.15) is 5.82 Å².